The minimum Gasteiger partial charge on any atom is -0.388 e. The van der Waals surface area contributed by atoms with Gasteiger partial charge in [-0.1, -0.05) is 38.8 Å². The van der Waals surface area contributed by atoms with Crippen molar-refractivity contribution in [3.63, 3.8) is 0 Å². The van der Waals surface area contributed by atoms with Gasteiger partial charge in [-0.3, -0.25) is 0 Å². The summed E-state index contributed by atoms with van der Waals surface area (Å²) >= 11 is 0. The predicted molar refractivity (Wildman–Crippen MR) is 68.5 cm³/mol. The predicted octanol–water partition coefficient (Wildman–Crippen LogP) is 4.41. The highest BCUT2D eigenvalue weighted by atomic mass is 14.8. The summed E-state index contributed by atoms with van der Waals surface area (Å²) in [6.45, 7) is 4.54. The summed E-state index contributed by atoms with van der Waals surface area (Å²) in [6, 6.07) is 8.88. The fourth-order valence-electron chi connectivity index (χ4n) is 2.10. The van der Waals surface area contributed by atoms with Crippen molar-refractivity contribution >= 4 is 5.69 Å². The Labute approximate surface area is 93.9 Å². The molecular weight excluding hydrogens is 182 g/mol. The molecule has 1 rings (SSSR count). The zero-order valence-corrected chi connectivity index (χ0v) is 10.2. The summed E-state index contributed by atoms with van der Waals surface area (Å²) in [5.41, 5.74) is 2.70. The summed E-state index contributed by atoms with van der Waals surface area (Å²) in [6.07, 6.45) is 5.18. The quantitative estimate of drug-likeness (QED) is 0.725. The molecule has 1 aromatic carbocycles. The van der Waals surface area contributed by atoms with Crippen LogP contribution in [0, 0.1) is 0 Å². The van der Waals surface area contributed by atoms with E-state index in [2.05, 4.69) is 43.4 Å². The van der Waals surface area contributed by atoms with Crippen LogP contribution in [0.3, 0.4) is 0 Å². The van der Waals surface area contributed by atoms with Gasteiger partial charge >= 0.3 is 0 Å². The molecule has 0 unspecified atom stereocenters. The summed E-state index contributed by atoms with van der Waals surface area (Å²) < 4.78 is 0. The maximum absolute atomic E-state index is 3.16. The van der Waals surface area contributed by atoms with Crippen molar-refractivity contribution in [2.45, 2.75) is 45.4 Å². The molecule has 0 saturated carbocycles. The van der Waals surface area contributed by atoms with Crippen molar-refractivity contribution in [2.75, 3.05) is 12.4 Å². The van der Waals surface area contributed by atoms with Gasteiger partial charge in [-0.05, 0) is 36.5 Å². The second kappa shape index (κ2) is 6.49. The first kappa shape index (κ1) is 12.1. The van der Waals surface area contributed by atoms with E-state index in [0.29, 0.717) is 0 Å². The molecule has 15 heavy (non-hydrogen) atoms. The Kier molecular flexibility index (Phi) is 5.23. The van der Waals surface area contributed by atoms with Crippen LogP contribution in [0.4, 0.5) is 5.69 Å². The van der Waals surface area contributed by atoms with Crippen molar-refractivity contribution < 1.29 is 0 Å². The molecular formula is C14H23N. The van der Waals surface area contributed by atoms with Crippen LogP contribution in [-0.4, -0.2) is 7.05 Å². The summed E-state index contributed by atoms with van der Waals surface area (Å²) in [7, 11) is 1.96. The van der Waals surface area contributed by atoms with Gasteiger partial charge < -0.3 is 5.32 Å². The third kappa shape index (κ3) is 3.58. The number of benzene rings is 1. The molecule has 0 aromatic heterocycles. The molecule has 0 atom stereocenters. The highest BCUT2D eigenvalue weighted by Crippen LogP contribution is 2.27. The van der Waals surface area contributed by atoms with Crippen molar-refractivity contribution in [1.29, 1.82) is 0 Å². The van der Waals surface area contributed by atoms with Crippen molar-refractivity contribution in [2.24, 2.45) is 0 Å². The Bertz CT molecular complexity index is 257. The summed E-state index contributed by atoms with van der Waals surface area (Å²) in [4.78, 5) is 0. The maximum Gasteiger partial charge on any atom is 0.0337 e. The van der Waals surface area contributed by atoms with Crippen LogP contribution in [0.1, 0.15) is 51.0 Å². The lowest BCUT2D eigenvalue weighted by Gasteiger charge is -2.16. The smallest absolute Gasteiger partial charge is 0.0337 e. The van der Waals surface area contributed by atoms with Gasteiger partial charge in [0.1, 0.15) is 0 Å². The topological polar surface area (TPSA) is 12.0 Å². The number of anilines is 1. The number of nitrogens with one attached hydrogen (secondary N) is 1. The van der Waals surface area contributed by atoms with Crippen LogP contribution < -0.4 is 5.32 Å². The van der Waals surface area contributed by atoms with Crippen LogP contribution in [0.5, 0.6) is 0 Å². The van der Waals surface area contributed by atoms with Gasteiger partial charge in [0.2, 0.25) is 0 Å². The molecule has 0 amide bonds. The molecule has 0 bridgehead atoms. The number of rotatable bonds is 6. The lowest BCUT2D eigenvalue weighted by molar-refractivity contribution is 0.561. The van der Waals surface area contributed by atoms with Crippen LogP contribution in [0.2, 0.25) is 0 Å². The van der Waals surface area contributed by atoms with E-state index in [1.807, 2.05) is 7.05 Å². The molecule has 1 nitrogen and oxygen atoms in total. The fraction of sp³-hybridized carbons (Fsp3) is 0.571. The molecule has 0 radical (unpaired) electrons. The Morgan fingerprint density at radius 2 is 1.53 bits per heavy atom. The first-order valence-electron chi connectivity index (χ1n) is 6.09. The lowest BCUT2D eigenvalue weighted by atomic mass is 9.90. The Balaban J connectivity index is 2.72. The van der Waals surface area contributed by atoms with Gasteiger partial charge in [0.15, 0.2) is 0 Å². The molecule has 0 aliphatic carbocycles. The minimum atomic E-state index is 0.755. The normalized spacial score (nSPS) is 10.7. The monoisotopic (exact) mass is 205 g/mol. The molecule has 0 saturated heterocycles. The van der Waals surface area contributed by atoms with E-state index in [1.165, 1.54) is 36.9 Å². The van der Waals surface area contributed by atoms with E-state index >= 15 is 0 Å². The van der Waals surface area contributed by atoms with Gasteiger partial charge in [-0.15, -0.1) is 0 Å². The standard InChI is InChI=1S/C14H23N/c1-4-6-12(7-5-2)13-8-10-14(15-3)11-9-13/h8-12,15H,4-7H2,1-3H3. The van der Waals surface area contributed by atoms with Crippen molar-refractivity contribution in [3.8, 4) is 0 Å². The Morgan fingerprint density at radius 3 is 1.93 bits per heavy atom. The fourth-order valence-corrected chi connectivity index (χ4v) is 2.10. The van der Waals surface area contributed by atoms with Gasteiger partial charge in [0.05, 0.1) is 0 Å². The highest BCUT2D eigenvalue weighted by Gasteiger charge is 2.08. The van der Waals surface area contributed by atoms with Gasteiger partial charge in [-0.25, -0.2) is 0 Å². The molecule has 0 fully saturated rings. The summed E-state index contributed by atoms with van der Waals surface area (Å²) in [5.74, 6) is 0.755. The molecule has 84 valence electrons. The van der Waals surface area contributed by atoms with Gasteiger partial charge in [0.25, 0.3) is 0 Å². The number of hydrogen-bond donors (Lipinski definition) is 1. The SMILES string of the molecule is CCCC(CCC)c1ccc(NC)cc1. The Morgan fingerprint density at radius 1 is 1.00 bits per heavy atom. The molecule has 1 N–H and O–H groups in total. The molecule has 0 spiro atoms. The zero-order valence-electron chi connectivity index (χ0n) is 10.2. The average Bonchev–Trinajstić information content (AvgIpc) is 2.29. The van der Waals surface area contributed by atoms with E-state index in [-0.39, 0.29) is 0 Å². The largest absolute Gasteiger partial charge is 0.388 e. The van der Waals surface area contributed by atoms with Crippen molar-refractivity contribution in [3.05, 3.63) is 29.8 Å². The highest BCUT2D eigenvalue weighted by molar-refractivity contribution is 5.44. The number of hydrogen-bond acceptors (Lipinski definition) is 1. The zero-order chi connectivity index (χ0) is 11.1. The molecule has 1 aromatic rings. The summed E-state index contributed by atoms with van der Waals surface area (Å²) in [5, 5.41) is 3.16. The Hall–Kier alpha value is -0.980. The maximum atomic E-state index is 3.16. The van der Waals surface area contributed by atoms with Crippen LogP contribution in [0.15, 0.2) is 24.3 Å². The van der Waals surface area contributed by atoms with E-state index in [1.54, 1.807) is 0 Å². The van der Waals surface area contributed by atoms with E-state index in [9.17, 15) is 0 Å². The van der Waals surface area contributed by atoms with E-state index in [4.69, 9.17) is 0 Å². The second-order valence-corrected chi connectivity index (χ2v) is 4.15. The van der Waals surface area contributed by atoms with Crippen LogP contribution >= 0.6 is 0 Å². The van der Waals surface area contributed by atoms with Crippen molar-refractivity contribution in [1.82, 2.24) is 0 Å². The van der Waals surface area contributed by atoms with Gasteiger partial charge in [0, 0.05) is 12.7 Å². The molecule has 1 heteroatoms. The molecule has 0 heterocycles. The first-order valence-corrected chi connectivity index (χ1v) is 6.09. The minimum absolute atomic E-state index is 0.755. The molecule has 0 aliphatic heterocycles. The van der Waals surface area contributed by atoms with Crippen LogP contribution in [-0.2, 0) is 0 Å². The third-order valence-electron chi connectivity index (χ3n) is 2.95. The second-order valence-electron chi connectivity index (χ2n) is 4.15. The van der Waals surface area contributed by atoms with E-state index in [0.717, 1.165) is 5.92 Å². The molecule has 0 aliphatic rings. The van der Waals surface area contributed by atoms with Gasteiger partial charge in [-0.2, -0.15) is 0 Å². The van der Waals surface area contributed by atoms with Crippen LogP contribution in [0.25, 0.3) is 0 Å². The first-order chi connectivity index (χ1) is 7.31. The lowest BCUT2D eigenvalue weighted by Crippen LogP contribution is -1.98. The third-order valence-corrected chi connectivity index (χ3v) is 2.95. The average molecular weight is 205 g/mol. The van der Waals surface area contributed by atoms with E-state index < -0.39 is 0 Å².